The summed E-state index contributed by atoms with van der Waals surface area (Å²) >= 11 is 0. The second kappa shape index (κ2) is 15.9. The standard InChI is InChI=1S/C29H42N2O3/c1-4-6-8-9-10-11-12-13-21-34-26-18-16-24(17-19-26)29(33)31-27-22-25(15-14-23(27)3)28(32)30-20-7-5-2/h14-19,22H,4-13,20-21H2,1-3H3,(H,30,32)(H,31,33). The summed E-state index contributed by atoms with van der Waals surface area (Å²) in [7, 11) is 0. The Balaban J connectivity index is 1.79. The second-order valence-electron chi connectivity index (χ2n) is 8.94. The minimum Gasteiger partial charge on any atom is -0.494 e. The van der Waals surface area contributed by atoms with Gasteiger partial charge in [-0.15, -0.1) is 0 Å². The average Bonchev–Trinajstić information content (AvgIpc) is 2.84. The highest BCUT2D eigenvalue weighted by Gasteiger charge is 2.11. The van der Waals surface area contributed by atoms with Crippen molar-refractivity contribution in [2.24, 2.45) is 0 Å². The highest BCUT2D eigenvalue weighted by atomic mass is 16.5. The van der Waals surface area contributed by atoms with Crippen LogP contribution < -0.4 is 15.4 Å². The molecule has 34 heavy (non-hydrogen) atoms. The Morgan fingerprint density at radius 1 is 0.735 bits per heavy atom. The van der Waals surface area contributed by atoms with Gasteiger partial charge in [-0.2, -0.15) is 0 Å². The third-order valence-electron chi connectivity index (χ3n) is 5.95. The third-order valence-corrected chi connectivity index (χ3v) is 5.95. The maximum atomic E-state index is 12.7. The Labute approximate surface area is 205 Å². The Morgan fingerprint density at radius 3 is 2.03 bits per heavy atom. The molecule has 0 heterocycles. The largest absolute Gasteiger partial charge is 0.494 e. The molecule has 5 heteroatoms. The molecule has 0 saturated carbocycles. The van der Waals surface area contributed by atoms with Crippen LogP contribution in [-0.4, -0.2) is 25.0 Å². The maximum Gasteiger partial charge on any atom is 0.255 e. The van der Waals surface area contributed by atoms with Gasteiger partial charge in [-0.1, -0.05) is 71.3 Å². The van der Waals surface area contributed by atoms with Crippen LogP contribution in [0, 0.1) is 6.92 Å². The van der Waals surface area contributed by atoms with Crippen molar-refractivity contribution in [2.75, 3.05) is 18.5 Å². The van der Waals surface area contributed by atoms with Gasteiger partial charge in [0.15, 0.2) is 0 Å². The van der Waals surface area contributed by atoms with E-state index in [0.29, 0.717) is 30.0 Å². The van der Waals surface area contributed by atoms with Gasteiger partial charge >= 0.3 is 0 Å². The van der Waals surface area contributed by atoms with Gasteiger partial charge in [0.25, 0.3) is 11.8 Å². The molecule has 0 aliphatic carbocycles. The van der Waals surface area contributed by atoms with E-state index in [1.54, 1.807) is 24.3 Å². The molecule has 2 N–H and O–H groups in total. The number of aryl methyl sites for hydroxylation is 1. The molecule has 0 spiro atoms. The number of amides is 2. The Bertz CT molecular complexity index is 877. The first kappa shape index (κ1) is 27.4. The molecule has 2 rings (SSSR count). The predicted octanol–water partition coefficient (Wildman–Crippen LogP) is 7.30. The zero-order chi connectivity index (χ0) is 24.6. The van der Waals surface area contributed by atoms with Crippen LogP contribution in [0.5, 0.6) is 5.75 Å². The van der Waals surface area contributed by atoms with E-state index in [2.05, 4.69) is 24.5 Å². The highest BCUT2D eigenvalue weighted by Crippen LogP contribution is 2.19. The summed E-state index contributed by atoms with van der Waals surface area (Å²) < 4.78 is 5.83. The van der Waals surface area contributed by atoms with Crippen LogP contribution in [-0.2, 0) is 0 Å². The SMILES string of the molecule is CCCCCCCCCCOc1ccc(C(=O)Nc2cc(C(=O)NCCCC)ccc2C)cc1. The average molecular weight is 467 g/mol. The van der Waals surface area contributed by atoms with Gasteiger partial charge in [0.05, 0.1) is 6.61 Å². The second-order valence-corrected chi connectivity index (χ2v) is 8.94. The summed E-state index contributed by atoms with van der Waals surface area (Å²) in [4.78, 5) is 25.1. The number of rotatable bonds is 16. The lowest BCUT2D eigenvalue weighted by molar-refractivity contribution is 0.0951. The van der Waals surface area contributed by atoms with E-state index in [-0.39, 0.29) is 11.8 Å². The summed E-state index contributed by atoms with van der Waals surface area (Å²) in [5, 5.41) is 5.84. The summed E-state index contributed by atoms with van der Waals surface area (Å²) in [6.45, 7) is 7.59. The number of anilines is 1. The molecule has 186 valence electrons. The van der Waals surface area contributed by atoms with E-state index in [4.69, 9.17) is 4.74 Å². The molecular weight excluding hydrogens is 424 g/mol. The molecule has 2 aromatic carbocycles. The van der Waals surface area contributed by atoms with E-state index in [1.807, 2.05) is 25.1 Å². The molecule has 0 radical (unpaired) electrons. The minimum absolute atomic E-state index is 0.123. The molecule has 2 amide bonds. The Kier molecular flexibility index (Phi) is 12.8. The normalized spacial score (nSPS) is 10.7. The van der Waals surface area contributed by atoms with Crippen molar-refractivity contribution >= 4 is 17.5 Å². The predicted molar refractivity (Wildman–Crippen MR) is 141 cm³/mol. The number of hydrogen-bond acceptors (Lipinski definition) is 3. The zero-order valence-corrected chi connectivity index (χ0v) is 21.3. The van der Waals surface area contributed by atoms with E-state index in [0.717, 1.165) is 30.6 Å². The van der Waals surface area contributed by atoms with Crippen LogP contribution in [0.1, 0.15) is 104 Å². The lowest BCUT2D eigenvalue weighted by atomic mass is 10.1. The van der Waals surface area contributed by atoms with Gasteiger partial charge in [-0.3, -0.25) is 9.59 Å². The van der Waals surface area contributed by atoms with Crippen LogP contribution in [0.2, 0.25) is 0 Å². The summed E-state index contributed by atoms with van der Waals surface area (Å²) in [6.07, 6.45) is 12.1. The third kappa shape index (κ3) is 9.98. The number of hydrogen-bond donors (Lipinski definition) is 2. The lowest BCUT2D eigenvalue weighted by Gasteiger charge is -2.12. The first-order valence-corrected chi connectivity index (χ1v) is 13.0. The number of benzene rings is 2. The molecular formula is C29H42N2O3. The number of carbonyl (C=O) groups excluding carboxylic acids is 2. The molecule has 0 fully saturated rings. The number of nitrogens with one attached hydrogen (secondary N) is 2. The maximum absolute atomic E-state index is 12.7. The molecule has 0 bridgehead atoms. The molecule has 5 nitrogen and oxygen atoms in total. The number of carbonyl (C=O) groups is 2. The van der Waals surface area contributed by atoms with Gasteiger partial charge in [0.2, 0.25) is 0 Å². The van der Waals surface area contributed by atoms with Crippen LogP contribution in [0.4, 0.5) is 5.69 Å². The quantitative estimate of drug-likeness (QED) is 0.255. The van der Waals surface area contributed by atoms with Crippen molar-refractivity contribution in [1.29, 1.82) is 0 Å². The van der Waals surface area contributed by atoms with Gasteiger partial charge in [0.1, 0.15) is 5.75 Å². The molecule has 0 aliphatic heterocycles. The molecule has 0 unspecified atom stereocenters. The van der Waals surface area contributed by atoms with Gasteiger partial charge in [0, 0.05) is 23.4 Å². The minimum atomic E-state index is -0.207. The van der Waals surface area contributed by atoms with E-state index < -0.39 is 0 Å². The van der Waals surface area contributed by atoms with Crippen molar-refractivity contribution in [2.45, 2.75) is 85.0 Å². The summed E-state index contributed by atoms with van der Waals surface area (Å²) in [5.41, 5.74) is 2.64. The first-order chi connectivity index (χ1) is 16.5. The molecule has 0 aliphatic rings. The topological polar surface area (TPSA) is 67.4 Å². The van der Waals surface area contributed by atoms with E-state index >= 15 is 0 Å². The van der Waals surface area contributed by atoms with Crippen molar-refractivity contribution in [3.8, 4) is 5.75 Å². The summed E-state index contributed by atoms with van der Waals surface area (Å²) in [5.74, 6) is 0.449. The van der Waals surface area contributed by atoms with Crippen molar-refractivity contribution in [3.63, 3.8) is 0 Å². The fraction of sp³-hybridized carbons (Fsp3) is 0.517. The van der Waals surface area contributed by atoms with Crippen LogP contribution in [0.25, 0.3) is 0 Å². The Hall–Kier alpha value is -2.82. The van der Waals surface area contributed by atoms with E-state index in [9.17, 15) is 9.59 Å². The fourth-order valence-corrected chi connectivity index (χ4v) is 3.70. The molecule has 0 aromatic heterocycles. The number of unbranched alkanes of at least 4 members (excludes halogenated alkanes) is 8. The van der Waals surface area contributed by atoms with Gasteiger partial charge in [-0.05, 0) is 61.7 Å². The van der Waals surface area contributed by atoms with Crippen molar-refractivity contribution in [1.82, 2.24) is 5.32 Å². The number of ether oxygens (including phenoxy) is 1. The highest BCUT2D eigenvalue weighted by molar-refractivity contribution is 6.05. The van der Waals surface area contributed by atoms with E-state index in [1.165, 1.54) is 44.9 Å². The summed E-state index contributed by atoms with van der Waals surface area (Å²) in [6, 6.07) is 12.6. The lowest BCUT2D eigenvalue weighted by Crippen LogP contribution is -2.24. The zero-order valence-electron chi connectivity index (χ0n) is 21.3. The van der Waals surface area contributed by atoms with Gasteiger partial charge < -0.3 is 15.4 Å². The van der Waals surface area contributed by atoms with Crippen molar-refractivity contribution in [3.05, 3.63) is 59.2 Å². The Morgan fingerprint density at radius 2 is 1.35 bits per heavy atom. The first-order valence-electron chi connectivity index (χ1n) is 13.0. The van der Waals surface area contributed by atoms with Crippen LogP contribution in [0.15, 0.2) is 42.5 Å². The molecule has 0 atom stereocenters. The molecule has 2 aromatic rings. The fourth-order valence-electron chi connectivity index (χ4n) is 3.70. The van der Waals surface area contributed by atoms with Crippen LogP contribution in [0.3, 0.4) is 0 Å². The van der Waals surface area contributed by atoms with Crippen LogP contribution >= 0.6 is 0 Å². The molecule has 0 saturated heterocycles. The monoisotopic (exact) mass is 466 g/mol. The smallest absolute Gasteiger partial charge is 0.255 e. The van der Waals surface area contributed by atoms with Crippen molar-refractivity contribution < 1.29 is 14.3 Å². The van der Waals surface area contributed by atoms with Gasteiger partial charge in [-0.25, -0.2) is 0 Å².